The predicted molar refractivity (Wildman–Crippen MR) is 116 cm³/mol. The van der Waals surface area contributed by atoms with Gasteiger partial charge in [0.1, 0.15) is 17.4 Å². The van der Waals surface area contributed by atoms with E-state index in [1.54, 1.807) is 23.1 Å². The summed E-state index contributed by atoms with van der Waals surface area (Å²) in [6, 6.07) is 10.4. The maximum atomic E-state index is 14.1. The number of rotatable bonds is 5. The van der Waals surface area contributed by atoms with Gasteiger partial charge < -0.3 is 9.64 Å². The second-order valence-electron chi connectivity index (χ2n) is 9.62. The number of hydrogen-bond acceptors (Lipinski definition) is 4. The molecular formula is C25H23F2N3O3. The average molecular weight is 451 g/mol. The number of hydrazone groups is 1. The minimum absolute atomic E-state index is 0.0194. The topological polar surface area (TPSA) is 62.2 Å². The van der Waals surface area contributed by atoms with Crippen molar-refractivity contribution in [1.82, 2.24) is 9.91 Å². The van der Waals surface area contributed by atoms with Crippen LogP contribution >= 0.6 is 0 Å². The third-order valence-electron chi connectivity index (χ3n) is 7.00. The molecule has 6 nitrogen and oxygen atoms in total. The van der Waals surface area contributed by atoms with Gasteiger partial charge in [-0.25, -0.2) is 13.8 Å². The first-order valence-electron chi connectivity index (χ1n) is 11.3. The highest BCUT2D eigenvalue weighted by molar-refractivity contribution is 6.13. The number of nitrogens with zero attached hydrogens (tertiary/aromatic N) is 3. The molecule has 2 aromatic carbocycles. The van der Waals surface area contributed by atoms with Crippen LogP contribution in [0.2, 0.25) is 0 Å². The quantitative estimate of drug-likeness (QED) is 0.696. The van der Waals surface area contributed by atoms with E-state index in [1.807, 2.05) is 0 Å². The largest absolute Gasteiger partial charge is 0.489 e. The van der Waals surface area contributed by atoms with Crippen molar-refractivity contribution in [3.8, 4) is 5.75 Å². The summed E-state index contributed by atoms with van der Waals surface area (Å²) in [5, 5.41) is 5.93. The molecule has 6 rings (SSSR count). The summed E-state index contributed by atoms with van der Waals surface area (Å²) in [5.41, 5.74) is 1.20. The monoisotopic (exact) mass is 451 g/mol. The van der Waals surface area contributed by atoms with Crippen LogP contribution in [0.3, 0.4) is 0 Å². The molecule has 8 heteroatoms. The maximum Gasteiger partial charge on any atom is 0.257 e. The molecule has 170 valence electrons. The molecule has 1 spiro atoms. The van der Waals surface area contributed by atoms with Gasteiger partial charge in [0.15, 0.2) is 0 Å². The van der Waals surface area contributed by atoms with E-state index in [2.05, 4.69) is 5.10 Å². The van der Waals surface area contributed by atoms with Gasteiger partial charge in [-0.3, -0.25) is 9.59 Å². The Kier molecular flexibility index (Phi) is 4.54. The van der Waals surface area contributed by atoms with E-state index >= 15 is 0 Å². The average Bonchev–Trinajstić information content (AvgIpc) is 3.46. The third kappa shape index (κ3) is 3.57. The van der Waals surface area contributed by atoms with Crippen LogP contribution in [0.5, 0.6) is 5.75 Å². The van der Waals surface area contributed by atoms with Gasteiger partial charge in [0.05, 0.1) is 29.8 Å². The van der Waals surface area contributed by atoms with Crippen LogP contribution in [0.4, 0.5) is 8.78 Å². The van der Waals surface area contributed by atoms with Gasteiger partial charge in [0.2, 0.25) is 5.91 Å². The summed E-state index contributed by atoms with van der Waals surface area (Å²) < 4.78 is 33.5. The van der Waals surface area contributed by atoms with Gasteiger partial charge in [0, 0.05) is 30.1 Å². The van der Waals surface area contributed by atoms with Gasteiger partial charge in [0.25, 0.3) is 5.91 Å². The summed E-state index contributed by atoms with van der Waals surface area (Å²) >= 11 is 0. The van der Waals surface area contributed by atoms with E-state index in [-0.39, 0.29) is 41.6 Å². The fourth-order valence-electron chi connectivity index (χ4n) is 5.16. The van der Waals surface area contributed by atoms with Gasteiger partial charge in [-0.2, -0.15) is 5.10 Å². The summed E-state index contributed by atoms with van der Waals surface area (Å²) in [5.74, 6) is -0.761. The fourth-order valence-corrected chi connectivity index (χ4v) is 5.16. The molecule has 0 bridgehead atoms. The lowest BCUT2D eigenvalue weighted by molar-refractivity contribution is -0.142. The number of benzene rings is 2. The van der Waals surface area contributed by atoms with E-state index in [4.69, 9.17) is 4.74 Å². The van der Waals surface area contributed by atoms with E-state index in [0.717, 1.165) is 25.7 Å². The molecule has 4 aliphatic rings. The summed E-state index contributed by atoms with van der Waals surface area (Å²) in [6.07, 6.45) is 3.53. The number of carbonyl (C=O) groups excluding carboxylic acids is 2. The standard InChI is InChI=1S/C25H23F2N3O3/c26-15-5-8-19(22(9-15)33-17-6-7-17)24(32)29-13-25(14-29)11-16(12-25)30-23(31)10-21(28-30)18-3-1-2-4-20(18)27/h1-5,8-9,16-17H,6-7,10-14H2. The SMILES string of the molecule is O=C(c1ccc(F)cc1OC1CC1)N1CC2(CC(N3N=C(c4ccccc4F)CC3=O)C2)C1. The normalized spacial score (nSPS) is 21.6. The van der Waals surface area contributed by atoms with E-state index < -0.39 is 5.82 Å². The molecule has 0 aromatic heterocycles. The van der Waals surface area contributed by atoms with Crippen molar-refractivity contribution >= 4 is 17.5 Å². The van der Waals surface area contributed by atoms with Crippen LogP contribution in [0.25, 0.3) is 0 Å². The van der Waals surface area contributed by atoms with Crippen LogP contribution in [0.15, 0.2) is 47.6 Å². The molecule has 2 aliphatic heterocycles. The highest BCUT2D eigenvalue weighted by Crippen LogP contribution is 2.51. The molecule has 2 saturated carbocycles. The molecule has 0 unspecified atom stereocenters. The first-order valence-corrected chi connectivity index (χ1v) is 11.3. The first-order chi connectivity index (χ1) is 15.9. The molecule has 2 aliphatic carbocycles. The maximum absolute atomic E-state index is 14.1. The number of amides is 2. The number of halogens is 2. The zero-order valence-electron chi connectivity index (χ0n) is 18.0. The Morgan fingerprint density at radius 1 is 1.09 bits per heavy atom. The molecule has 2 heterocycles. The van der Waals surface area contributed by atoms with E-state index in [1.165, 1.54) is 29.3 Å². The molecule has 2 aromatic rings. The summed E-state index contributed by atoms with van der Waals surface area (Å²) in [4.78, 5) is 27.3. The van der Waals surface area contributed by atoms with E-state index in [9.17, 15) is 18.4 Å². The number of carbonyl (C=O) groups is 2. The fraction of sp³-hybridized carbons (Fsp3) is 0.400. The highest BCUT2D eigenvalue weighted by Gasteiger charge is 2.56. The number of hydrogen-bond donors (Lipinski definition) is 0. The number of likely N-dealkylation sites (tertiary alicyclic amines) is 1. The van der Waals surface area contributed by atoms with Gasteiger partial charge >= 0.3 is 0 Å². The lowest BCUT2D eigenvalue weighted by atomic mass is 9.60. The van der Waals surface area contributed by atoms with Crippen molar-refractivity contribution in [3.05, 3.63) is 65.2 Å². The molecule has 3 fully saturated rings. The van der Waals surface area contributed by atoms with Gasteiger partial charge in [-0.05, 0) is 43.9 Å². The number of ether oxygens (including phenoxy) is 1. The summed E-state index contributed by atoms with van der Waals surface area (Å²) in [7, 11) is 0. The van der Waals surface area contributed by atoms with Crippen molar-refractivity contribution in [1.29, 1.82) is 0 Å². The van der Waals surface area contributed by atoms with Crippen molar-refractivity contribution in [3.63, 3.8) is 0 Å². The molecule has 33 heavy (non-hydrogen) atoms. The lowest BCUT2D eigenvalue weighted by Crippen LogP contribution is -2.67. The Hall–Kier alpha value is -3.29. The first kappa shape index (κ1) is 20.3. The molecule has 0 atom stereocenters. The van der Waals surface area contributed by atoms with Gasteiger partial charge in [-0.1, -0.05) is 18.2 Å². The van der Waals surface area contributed by atoms with Crippen LogP contribution in [0, 0.1) is 17.0 Å². The Balaban J connectivity index is 1.09. The van der Waals surface area contributed by atoms with Crippen LogP contribution in [-0.2, 0) is 4.79 Å². The smallest absolute Gasteiger partial charge is 0.257 e. The minimum Gasteiger partial charge on any atom is -0.489 e. The Morgan fingerprint density at radius 3 is 2.58 bits per heavy atom. The Labute approximate surface area is 189 Å². The molecule has 0 radical (unpaired) electrons. The molecule has 1 saturated heterocycles. The van der Waals surface area contributed by atoms with Crippen molar-refractivity contribution in [2.45, 2.75) is 44.2 Å². The van der Waals surface area contributed by atoms with Crippen LogP contribution in [0.1, 0.15) is 48.0 Å². The highest BCUT2D eigenvalue weighted by atomic mass is 19.1. The van der Waals surface area contributed by atoms with Crippen molar-refractivity contribution in [2.75, 3.05) is 13.1 Å². The zero-order valence-corrected chi connectivity index (χ0v) is 18.0. The van der Waals surface area contributed by atoms with Crippen LogP contribution in [-0.4, -0.2) is 52.7 Å². The lowest BCUT2D eigenvalue weighted by Gasteiger charge is -2.59. The zero-order chi connectivity index (χ0) is 22.7. The molecular weight excluding hydrogens is 428 g/mol. The van der Waals surface area contributed by atoms with Crippen molar-refractivity contribution < 1.29 is 23.1 Å². The van der Waals surface area contributed by atoms with Crippen molar-refractivity contribution in [2.24, 2.45) is 10.5 Å². The Bertz CT molecular complexity index is 1180. The van der Waals surface area contributed by atoms with Crippen LogP contribution < -0.4 is 4.74 Å². The minimum atomic E-state index is -0.422. The molecule has 2 amide bonds. The third-order valence-corrected chi connectivity index (χ3v) is 7.00. The Morgan fingerprint density at radius 2 is 1.85 bits per heavy atom. The second kappa shape index (κ2) is 7.37. The van der Waals surface area contributed by atoms with E-state index in [0.29, 0.717) is 35.7 Å². The molecule has 0 N–H and O–H groups in total. The van der Waals surface area contributed by atoms with Gasteiger partial charge in [-0.15, -0.1) is 0 Å². The summed E-state index contributed by atoms with van der Waals surface area (Å²) in [6.45, 7) is 1.18. The predicted octanol–water partition coefficient (Wildman–Crippen LogP) is 3.75. The second-order valence-corrected chi connectivity index (χ2v) is 9.62.